The van der Waals surface area contributed by atoms with Gasteiger partial charge < -0.3 is 19.1 Å². The van der Waals surface area contributed by atoms with Crippen LogP contribution in [0.2, 0.25) is 0 Å². The molecule has 1 saturated heterocycles. The van der Waals surface area contributed by atoms with E-state index in [1.165, 1.54) is 6.07 Å². The fraction of sp³-hybridized carbons (Fsp3) is 0.348. The molecule has 1 fully saturated rings. The van der Waals surface area contributed by atoms with Crippen LogP contribution >= 0.6 is 0 Å². The number of piperidine rings is 1. The van der Waals surface area contributed by atoms with Crippen molar-refractivity contribution in [1.82, 2.24) is 4.90 Å². The highest BCUT2D eigenvalue weighted by Crippen LogP contribution is 2.29. The first-order chi connectivity index (χ1) is 14.5. The zero-order valence-corrected chi connectivity index (χ0v) is 17.1. The molecule has 160 valence electrons. The lowest BCUT2D eigenvalue weighted by Crippen LogP contribution is -2.43. The molecular formula is C23H25F2NO4. The van der Waals surface area contributed by atoms with Crippen LogP contribution in [0.1, 0.15) is 25.3 Å². The number of carbonyl (C=O) groups is 1. The maximum Gasteiger partial charge on any atom is 0.260 e. The molecule has 0 bridgehead atoms. The SMILES string of the molecule is C/C=C/c1ccc(OCC(=O)N2CCC(Oc3ccc(F)cc3F)CC2)c(OC)c1. The van der Waals surface area contributed by atoms with Crippen LogP contribution in [0.3, 0.4) is 0 Å². The Kier molecular flexibility index (Phi) is 7.27. The molecule has 1 amide bonds. The topological polar surface area (TPSA) is 48.0 Å². The zero-order chi connectivity index (χ0) is 21.5. The van der Waals surface area contributed by atoms with E-state index in [9.17, 15) is 13.6 Å². The lowest BCUT2D eigenvalue weighted by Gasteiger charge is -2.32. The van der Waals surface area contributed by atoms with Crippen molar-refractivity contribution >= 4 is 12.0 Å². The first-order valence-corrected chi connectivity index (χ1v) is 9.83. The minimum Gasteiger partial charge on any atom is -0.493 e. The van der Waals surface area contributed by atoms with Crippen LogP contribution in [0.5, 0.6) is 17.2 Å². The summed E-state index contributed by atoms with van der Waals surface area (Å²) in [6.07, 6.45) is 4.76. The first-order valence-electron chi connectivity index (χ1n) is 9.83. The molecule has 0 spiro atoms. The zero-order valence-electron chi connectivity index (χ0n) is 17.1. The van der Waals surface area contributed by atoms with E-state index >= 15 is 0 Å². The van der Waals surface area contributed by atoms with Gasteiger partial charge in [0.2, 0.25) is 0 Å². The van der Waals surface area contributed by atoms with E-state index in [-0.39, 0.29) is 24.4 Å². The number of amides is 1. The van der Waals surface area contributed by atoms with E-state index in [1.54, 1.807) is 18.1 Å². The molecular weight excluding hydrogens is 392 g/mol. The van der Waals surface area contributed by atoms with Crippen molar-refractivity contribution in [3.05, 3.63) is 59.7 Å². The molecule has 0 radical (unpaired) electrons. The van der Waals surface area contributed by atoms with Crippen LogP contribution in [-0.4, -0.2) is 43.7 Å². The summed E-state index contributed by atoms with van der Waals surface area (Å²) in [6.45, 7) is 2.79. The molecule has 3 rings (SSSR count). The molecule has 0 aromatic heterocycles. The highest BCUT2D eigenvalue weighted by molar-refractivity contribution is 5.78. The van der Waals surface area contributed by atoms with Gasteiger partial charge in [-0.15, -0.1) is 0 Å². The van der Waals surface area contributed by atoms with Crippen molar-refractivity contribution in [3.63, 3.8) is 0 Å². The van der Waals surface area contributed by atoms with Gasteiger partial charge in [0.15, 0.2) is 29.7 Å². The number of ether oxygens (including phenoxy) is 3. The van der Waals surface area contributed by atoms with Crippen LogP contribution in [0.25, 0.3) is 6.08 Å². The highest BCUT2D eigenvalue weighted by atomic mass is 19.1. The van der Waals surface area contributed by atoms with Crippen LogP contribution in [0.15, 0.2) is 42.5 Å². The van der Waals surface area contributed by atoms with E-state index in [4.69, 9.17) is 14.2 Å². The van der Waals surface area contributed by atoms with Gasteiger partial charge in [0.25, 0.3) is 5.91 Å². The molecule has 5 nitrogen and oxygen atoms in total. The van der Waals surface area contributed by atoms with E-state index in [2.05, 4.69) is 0 Å². The Morgan fingerprint density at radius 2 is 1.83 bits per heavy atom. The Labute approximate surface area is 174 Å². The summed E-state index contributed by atoms with van der Waals surface area (Å²) in [6, 6.07) is 8.75. The summed E-state index contributed by atoms with van der Waals surface area (Å²) >= 11 is 0. The van der Waals surface area contributed by atoms with Crippen LogP contribution < -0.4 is 14.2 Å². The van der Waals surface area contributed by atoms with E-state index in [0.717, 1.165) is 17.7 Å². The number of likely N-dealkylation sites (tertiary alicyclic amines) is 1. The second-order valence-corrected chi connectivity index (χ2v) is 6.97. The second kappa shape index (κ2) is 10.1. The third-order valence-corrected chi connectivity index (χ3v) is 4.88. The summed E-state index contributed by atoms with van der Waals surface area (Å²) in [5.41, 5.74) is 0.979. The van der Waals surface area contributed by atoms with Gasteiger partial charge in [-0.2, -0.15) is 0 Å². The Morgan fingerprint density at radius 3 is 2.50 bits per heavy atom. The number of benzene rings is 2. The molecule has 30 heavy (non-hydrogen) atoms. The van der Waals surface area contributed by atoms with Crippen molar-refractivity contribution < 1.29 is 27.8 Å². The summed E-state index contributed by atoms with van der Waals surface area (Å²) in [7, 11) is 1.55. The molecule has 1 heterocycles. The fourth-order valence-electron chi connectivity index (χ4n) is 3.30. The molecule has 7 heteroatoms. The van der Waals surface area contributed by atoms with Crippen molar-refractivity contribution in [2.45, 2.75) is 25.9 Å². The number of nitrogens with zero attached hydrogens (tertiary/aromatic N) is 1. The molecule has 0 N–H and O–H groups in total. The Bertz CT molecular complexity index is 908. The van der Waals surface area contributed by atoms with Gasteiger partial charge in [-0.05, 0) is 36.8 Å². The summed E-state index contributed by atoms with van der Waals surface area (Å²) < 4.78 is 43.4. The summed E-state index contributed by atoms with van der Waals surface area (Å²) in [4.78, 5) is 14.2. The molecule has 2 aromatic carbocycles. The normalized spacial score (nSPS) is 14.7. The first kappa shape index (κ1) is 21.6. The standard InChI is InChI=1S/C23H25F2NO4/c1-3-4-16-5-7-21(22(13-16)28-2)29-15-23(27)26-11-9-18(10-12-26)30-20-8-6-17(24)14-19(20)25/h3-8,13-14,18H,9-12,15H2,1-2H3/b4-3+. The highest BCUT2D eigenvalue weighted by Gasteiger charge is 2.25. The molecule has 0 saturated carbocycles. The van der Waals surface area contributed by atoms with Gasteiger partial charge in [-0.3, -0.25) is 4.79 Å². The van der Waals surface area contributed by atoms with Crippen molar-refractivity contribution in [1.29, 1.82) is 0 Å². The largest absolute Gasteiger partial charge is 0.493 e. The third kappa shape index (κ3) is 5.49. The number of rotatable bonds is 7. The maximum absolute atomic E-state index is 13.7. The van der Waals surface area contributed by atoms with Crippen LogP contribution in [0.4, 0.5) is 8.78 Å². The van der Waals surface area contributed by atoms with Gasteiger partial charge in [0, 0.05) is 32.0 Å². The molecule has 0 atom stereocenters. The lowest BCUT2D eigenvalue weighted by molar-refractivity contribution is -0.135. The number of hydrogen-bond acceptors (Lipinski definition) is 4. The third-order valence-electron chi connectivity index (χ3n) is 4.88. The Morgan fingerprint density at radius 1 is 1.10 bits per heavy atom. The van der Waals surface area contributed by atoms with E-state index in [1.807, 2.05) is 31.2 Å². The molecule has 0 aliphatic carbocycles. The molecule has 0 unspecified atom stereocenters. The van der Waals surface area contributed by atoms with Crippen molar-refractivity contribution in [2.24, 2.45) is 0 Å². The Balaban J connectivity index is 1.50. The minimum absolute atomic E-state index is 0.0259. The predicted molar refractivity (Wildman–Crippen MR) is 110 cm³/mol. The van der Waals surface area contributed by atoms with E-state index in [0.29, 0.717) is 37.4 Å². The van der Waals surface area contributed by atoms with Gasteiger partial charge in [-0.25, -0.2) is 8.78 Å². The Hall–Kier alpha value is -3.09. The molecule has 2 aromatic rings. The average molecular weight is 417 g/mol. The number of allylic oxidation sites excluding steroid dienone is 1. The monoisotopic (exact) mass is 417 g/mol. The fourth-order valence-corrected chi connectivity index (χ4v) is 3.30. The number of hydrogen-bond donors (Lipinski definition) is 0. The quantitative estimate of drug-likeness (QED) is 0.668. The van der Waals surface area contributed by atoms with Crippen LogP contribution in [-0.2, 0) is 4.79 Å². The van der Waals surface area contributed by atoms with Crippen molar-refractivity contribution in [3.8, 4) is 17.2 Å². The van der Waals surface area contributed by atoms with Crippen molar-refractivity contribution in [2.75, 3.05) is 26.8 Å². The van der Waals surface area contributed by atoms with Gasteiger partial charge in [0.1, 0.15) is 11.9 Å². The smallest absolute Gasteiger partial charge is 0.260 e. The van der Waals surface area contributed by atoms with Crippen LogP contribution in [0, 0.1) is 11.6 Å². The number of halogens is 2. The molecule has 1 aliphatic rings. The summed E-state index contributed by atoms with van der Waals surface area (Å²) in [5, 5.41) is 0. The lowest BCUT2D eigenvalue weighted by atomic mass is 10.1. The maximum atomic E-state index is 13.7. The number of carbonyl (C=O) groups excluding carboxylic acids is 1. The van der Waals surface area contributed by atoms with Gasteiger partial charge in [-0.1, -0.05) is 18.2 Å². The summed E-state index contributed by atoms with van der Waals surface area (Å²) in [5.74, 6) is -0.417. The molecule has 1 aliphatic heterocycles. The van der Waals surface area contributed by atoms with Gasteiger partial charge >= 0.3 is 0 Å². The van der Waals surface area contributed by atoms with E-state index < -0.39 is 11.6 Å². The average Bonchev–Trinajstić information content (AvgIpc) is 2.75. The van der Waals surface area contributed by atoms with Gasteiger partial charge in [0.05, 0.1) is 7.11 Å². The number of methoxy groups -OCH3 is 1. The second-order valence-electron chi connectivity index (χ2n) is 6.97. The predicted octanol–water partition coefficient (Wildman–Crippen LogP) is 4.46. The minimum atomic E-state index is -0.726.